The van der Waals surface area contributed by atoms with Gasteiger partial charge in [0.25, 0.3) is 0 Å². The number of rotatable bonds is 2. The fourth-order valence-electron chi connectivity index (χ4n) is 0.696. The van der Waals surface area contributed by atoms with Gasteiger partial charge in [-0.2, -0.15) is 0 Å². The third kappa shape index (κ3) is 1.04. The summed E-state index contributed by atoms with van der Waals surface area (Å²) in [5.74, 6) is 0.263. The minimum Gasteiger partial charge on any atom is -0.294 e. The number of carbonyl (C=O) groups is 1. The Bertz CT molecular complexity index is 244. The van der Waals surface area contributed by atoms with Gasteiger partial charge in [0.1, 0.15) is 0 Å². The summed E-state index contributed by atoms with van der Waals surface area (Å²) in [6, 6.07) is 0. The van der Waals surface area contributed by atoms with Gasteiger partial charge < -0.3 is 0 Å². The first kappa shape index (κ1) is 7.28. The van der Waals surface area contributed by atoms with Crippen LogP contribution in [0.4, 0.5) is 0 Å². The number of imidazole rings is 1. The summed E-state index contributed by atoms with van der Waals surface area (Å²) in [4.78, 5) is 14.0. The van der Waals surface area contributed by atoms with E-state index < -0.39 is 0 Å². The standard InChI is InChI=1S/C6H7ClN2O/c1-2-5-3-8-6(4-10)9(5)7/h3-4H,2H2,1H3. The highest BCUT2D eigenvalue weighted by atomic mass is 35.5. The number of hydrogen-bond donors (Lipinski definition) is 0. The SMILES string of the molecule is CCc1cnc(C=O)n1Cl. The van der Waals surface area contributed by atoms with E-state index in [1.54, 1.807) is 6.20 Å². The highest BCUT2D eigenvalue weighted by Gasteiger charge is 2.03. The van der Waals surface area contributed by atoms with E-state index in [0.29, 0.717) is 6.29 Å². The van der Waals surface area contributed by atoms with Gasteiger partial charge in [0.15, 0.2) is 12.1 Å². The second-order valence-corrected chi connectivity index (χ2v) is 2.20. The van der Waals surface area contributed by atoms with Crippen molar-refractivity contribution in [1.29, 1.82) is 0 Å². The van der Waals surface area contributed by atoms with Crippen molar-refractivity contribution < 1.29 is 4.79 Å². The van der Waals surface area contributed by atoms with Gasteiger partial charge in [-0.3, -0.25) is 4.79 Å². The number of hydrogen-bond acceptors (Lipinski definition) is 2. The Morgan fingerprint density at radius 3 is 2.90 bits per heavy atom. The molecule has 0 atom stereocenters. The summed E-state index contributed by atoms with van der Waals surface area (Å²) in [5, 5.41) is 0. The molecule has 0 aliphatic carbocycles. The molecule has 0 bridgehead atoms. The van der Waals surface area contributed by atoms with Gasteiger partial charge in [-0.1, -0.05) is 6.92 Å². The molecule has 0 aliphatic heterocycles. The van der Waals surface area contributed by atoms with Crippen LogP contribution in [0.15, 0.2) is 6.20 Å². The summed E-state index contributed by atoms with van der Waals surface area (Å²) in [7, 11) is 0. The monoisotopic (exact) mass is 158 g/mol. The fraction of sp³-hybridized carbons (Fsp3) is 0.333. The molecule has 0 fully saturated rings. The zero-order chi connectivity index (χ0) is 7.56. The maximum absolute atomic E-state index is 10.2. The second-order valence-electron chi connectivity index (χ2n) is 1.86. The van der Waals surface area contributed by atoms with Gasteiger partial charge in [-0.15, -0.1) is 0 Å². The maximum atomic E-state index is 10.2. The van der Waals surface area contributed by atoms with E-state index in [4.69, 9.17) is 11.8 Å². The van der Waals surface area contributed by atoms with Gasteiger partial charge in [-0.05, 0) is 6.42 Å². The Balaban J connectivity index is 3.08. The zero-order valence-corrected chi connectivity index (χ0v) is 6.30. The van der Waals surface area contributed by atoms with Crippen LogP contribution in [0.25, 0.3) is 0 Å². The normalized spacial score (nSPS) is 9.80. The van der Waals surface area contributed by atoms with Crippen molar-refractivity contribution in [3.8, 4) is 0 Å². The molecule has 3 nitrogen and oxygen atoms in total. The molecule has 0 radical (unpaired) electrons. The highest BCUT2D eigenvalue weighted by molar-refractivity contribution is 6.17. The molecule has 1 aromatic heterocycles. The lowest BCUT2D eigenvalue weighted by Gasteiger charge is -1.92. The zero-order valence-electron chi connectivity index (χ0n) is 5.54. The van der Waals surface area contributed by atoms with E-state index in [1.165, 1.54) is 4.09 Å². The molecule has 1 aromatic rings. The first-order chi connectivity index (χ1) is 4.79. The number of halogens is 1. The van der Waals surface area contributed by atoms with Crippen molar-refractivity contribution in [3.05, 3.63) is 17.7 Å². The fourth-order valence-corrected chi connectivity index (χ4v) is 0.943. The van der Waals surface area contributed by atoms with Crippen molar-refractivity contribution in [1.82, 2.24) is 9.07 Å². The smallest absolute Gasteiger partial charge is 0.188 e. The van der Waals surface area contributed by atoms with Gasteiger partial charge >= 0.3 is 0 Å². The molecule has 0 aromatic carbocycles. The number of nitrogens with zero attached hydrogens (tertiary/aromatic N) is 2. The Labute approximate surface area is 63.7 Å². The van der Waals surface area contributed by atoms with Crippen LogP contribution in [0, 0.1) is 0 Å². The molecule has 4 heteroatoms. The lowest BCUT2D eigenvalue weighted by Crippen LogP contribution is -1.93. The average molecular weight is 159 g/mol. The van der Waals surface area contributed by atoms with Crippen molar-refractivity contribution in [3.63, 3.8) is 0 Å². The molecule has 0 aliphatic rings. The Morgan fingerprint density at radius 1 is 1.90 bits per heavy atom. The summed E-state index contributed by atoms with van der Waals surface area (Å²) in [6.45, 7) is 1.95. The van der Waals surface area contributed by atoms with E-state index in [0.717, 1.165) is 12.1 Å². The van der Waals surface area contributed by atoms with Crippen molar-refractivity contribution in [2.45, 2.75) is 13.3 Å². The Morgan fingerprint density at radius 2 is 2.60 bits per heavy atom. The van der Waals surface area contributed by atoms with Crippen molar-refractivity contribution in [2.24, 2.45) is 0 Å². The first-order valence-electron chi connectivity index (χ1n) is 2.97. The molecule has 0 saturated carbocycles. The van der Waals surface area contributed by atoms with Gasteiger partial charge in [0, 0.05) is 11.8 Å². The van der Waals surface area contributed by atoms with E-state index in [-0.39, 0.29) is 5.82 Å². The van der Waals surface area contributed by atoms with Crippen molar-refractivity contribution in [2.75, 3.05) is 0 Å². The molecule has 0 amide bonds. The van der Waals surface area contributed by atoms with Crippen LogP contribution in [0.3, 0.4) is 0 Å². The van der Waals surface area contributed by atoms with Gasteiger partial charge in [0.05, 0.1) is 11.9 Å². The summed E-state index contributed by atoms with van der Waals surface area (Å²) in [6.07, 6.45) is 3.01. The topological polar surface area (TPSA) is 34.9 Å². The van der Waals surface area contributed by atoms with Crippen LogP contribution >= 0.6 is 11.8 Å². The summed E-state index contributed by atoms with van der Waals surface area (Å²) < 4.78 is 1.27. The second kappa shape index (κ2) is 2.84. The van der Waals surface area contributed by atoms with E-state index in [2.05, 4.69) is 4.98 Å². The number of aromatic nitrogens is 2. The molecule has 0 N–H and O–H groups in total. The Hall–Kier alpha value is -0.830. The minimum absolute atomic E-state index is 0.263. The lowest BCUT2D eigenvalue weighted by molar-refractivity contribution is 0.111. The van der Waals surface area contributed by atoms with Gasteiger partial charge in [-0.25, -0.2) is 9.07 Å². The summed E-state index contributed by atoms with van der Waals surface area (Å²) in [5.41, 5.74) is 0.851. The maximum Gasteiger partial charge on any atom is 0.188 e. The average Bonchev–Trinajstić information content (AvgIpc) is 2.30. The molecular formula is C6H7ClN2O. The molecule has 1 rings (SSSR count). The van der Waals surface area contributed by atoms with Crippen LogP contribution < -0.4 is 0 Å². The van der Waals surface area contributed by atoms with Crippen LogP contribution in [0.5, 0.6) is 0 Å². The predicted molar refractivity (Wildman–Crippen MR) is 38.2 cm³/mol. The van der Waals surface area contributed by atoms with Crippen LogP contribution in [-0.4, -0.2) is 15.4 Å². The highest BCUT2D eigenvalue weighted by Crippen LogP contribution is 2.05. The quantitative estimate of drug-likeness (QED) is 0.608. The van der Waals surface area contributed by atoms with E-state index in [9.17, 15) is 4.79 Å². The first-order valence-corrected chi connectivity index (χ1v) is 3.31. The van der Waals surface area contributed by atoms with Crippen LogP contribution in [-0.2, 0) is 6.42 Å². The van der Waals surface area contributed by atoms with Crippen molar-refractivity contribution >= 4 is 18.1 Å². The van der Waals surface area contributed by atoms with Crippen LogP contribution in [0.2, 0.25) is 0 Å². The van der Waals surface area contributed by atoms with Crippen LogP contribution in [0.1, 0.15) is 23.2 Å². The van der Waals surface area contributed by atoms with E-state index in [1.807, 2.05) is 6.92 Å². The molecule has 0 spiro atoms. The minimum atomic E-state index is 0.263. The Kier molecular flexibility index (Phi) is 2.06. The third-order valence-electron chi connectivity index (χ3n) is 1.27. The third-order valence-corrected chi connectivity index (χ3v) is 1.66. The molecular weight excluding hydrogens is 152 g/mol. The number of carbonyl (C=O) groups excluding carboxylic acids is 1. The summed E-state index contributed by atoms with van der Waals surface area (Å²) >= 11 is 5.65. The van der Waals surface area contributed by atoms with E-state index >= 15 is 0 Å². The molecule has 0 unspecified atom stereocenters. The molecule has 54 valence electrons. The lowest BCUT2D eigenvalue weighted by atomic mass is 10.4. The predicted octanol–water partition coefficient (Wildman–Crippen LogP) is 1.26. The largest absolute Gasteiger partial charge is 0.294 e. The van der Waals surface area contributed by atoms with Gasteiger partial charge in [0.2, 0.25) is 0 Å². The molecule has 1 heterocycles. The molecule has 10 heavy (non-hydrogen) atoms. The molecule has 0 saturated heterocycles. The number of aldehydes is 1. The number of aryl methyl sites for hydroxylation is 1.